The van der Waals surface area contributed by atoms with E-state index in [1.54, 1.807) is 19.4 Å². The van der Waals surface area contributed by atoms with Gasteiger partial charge in [0.2, 0.25) is 5.91 Å². The van der Waals surface area contributed by atoms with Crippen LogP contribution in [0.1, 0.15) is 37.5 Å². The Morgan fingerprint density at radius 3 is 2.89 bits per heavy atom. The van der Waals surface area contributed by atoms with E-state index >= 15 is 0 Å². The van der Waals surface area contributed by atoms with Gasteiger partial charge in [0, 0.05) is 30.6 Å². The lowest BCUT2D eigenvalue weighted by Gasteiger charge is -2.28. The van der Waals surface area contributed by atoms with Crippen LogP contribution in [-0.2, 0) is 11.2 Å². The van der Waals surface area contributed by atoms with Crippen LogP contribution in [0.4, 0.5) is 0 Å². The van der Waals surface area contributed by atoms with E-state index in [2.05, 4.69) is 25.4 Å². The first-order chi connectivity index (χ1) is 13.7. The van der Waals surface area contributed by atoms with Crippen LogP contribution in [-0.4, -0.2) is 48.9 Å². The predicted molar refractivity (Wildman–Crippen MR) is 104 cm³/mol. The Morgan fingerprint density at radius 2 is 2.14 bits per heavy atom. The van der Waals surface area contributed by atoms with Gasteiger partial charge in [0.25, 0.3) is 0 Å². The molecule has 3 N–H and O–H groups in total. The van der Waals surface area contributed by atoms with Crippen LogP contribution in [0.2, 0.25) is 0 Å². The number of nitrogens with zero attached hydrogens (tertiary/aromatic N) is 4. The molecule has 8 heteroatoms. The van der Waals surface area contributed by atoms with Crippen molar-refractivity contribution in [1.29, 1.82) is 0 Å². The summed E-state index contributed by atoms with van der Waals surface area (Å²) in [6.07, 6.45) is 6.79. The summed E-state index contributed by atoms with van der Waals surface area (Å²) in [4.78, 5) is 23.9. The van der Waals surface area contributed by atoms with Crippen molar-refractivity contribution in [2.24, 2.45) is 0 Å². The monoisotopic (exact) mass is 380 g/mol. The summed E-state index contributed by atoms with van der Waals surface area (Å²) < 4.78 is 1.81. The molecule has 0 unspecified atom stereocenters. The maximum atomic E-state index is 11.8. The zero-order chi connectivity index (χ0) is 19.5. The molecule has 0 radical (unpaired) electrons. The summed E-state index contributed by atoms with van der Waals surface area (Å²) in [5.74, 6) is 1.75. The van der Waals surface area contributed by atoms with E-state index in [1.165, 1.54) is 0 Å². The molecule has 146 valence electrons. The summed E-state index contributed by atoms with van der Waals surface area (Å²) >= 11 is 0. The quantitative estimate of drug-likeness (QED) is 0.628. The van der Waals surface area contributed by atoms with Gasteiger partial charge in [-0.05, 0) is 18.9 Å². The minimum atomic E-state index is -0.463. The molecule has 0 bridgehead atoms. The number of hydrogen-bond acceptors (Lipinski definition) is 5. The number of nitrogens with one attached hydrogen (secondary N) is 2. The van der Waals surface area contributed by atoms with Gasteiger partial charge in [0.05, 0.1) is 18.6 Å². The Labute approximate surface area is 163 Å². The van der Waals surface area contributed by atoms with E-state index < -0.39 is 6.10 Å². The zero-order valence-electron chi connectivity index (χ0n) is 15.8. The highest BCUT2D eigenvalue weighted by molar-refractivity contribution is 5.77. The van der Waals surface area contributed by atoms with Crippen molar-refractivity contribution in [1.82, 2.24) is 30.0 Å². The number of aromatic amines is 1. The van der Waals surface area contributed by atoms with Crippen molar-refractivity contribution < 1.29 is 9.90 Å². The molecule has 2 heterocycles. The van der Waals surface area contributed by atoms with Crippen molar-refractivity contribution in [2.45, 2.75) is 44.2 Å². The molecule has 0 spiro atoms. The third-order valence-electron chi connectivity index (χ3n) is 5.17. The largest absolute Gasteiger partial charge is 0.391 e. The molecule has 8 nitrogen and oxygen atoms in total. The molecule has 2 atom stereocenters. The molecule has 0 aliphatic heterocycles. The molecule has 1 aromatic carbocycles. The third kappa shape index (κ3) is 3.68. The van der Waals surface area contributed by atoms with Crippen molar-refractivity contribution in [2.75, 3.05) is 7.05 Å². The smallest absolute Gasteiger partial charge is 0.227 e. The van der Waals surface area contributed by atoms with E-state index in [-0.39, 0.29) is 18.4 Å². The number of rotatable bonds is 5. The molecule has 4 rings (SSSR count). The maximum Gasteiger partial charge on any atom is 0.227 e. The molecule has 1 saturated carbocycles. The van der Waals surface area contributed by atoms with Crippen molar-refractivity contribution in [3.05, 3.63) is 42.5 Å². The normalized spacial score (nSPS) is 19.5. The zero-order valence-corrected chi connectivity index (χ0v) is 15.8. The number of amides is 1. The van der Waals surface area contributed by atoms with Crippen LogP contribution in [0.5, 0.6) is 0 Å². The highest BCUT2D eigenvalue weighted by Gasteiger charge is 2.29. The fraction of sp³-hybridized carbons (Fsp3) is 0.400. The van der Waals surface area contributed by atoms with Gasteiger partial charge in [0.1, 0.15) is 5.82 Å². The third-order valence-corrected chi connectivity index (χ3v) is 5.17. The standard InChI is InChI=1S/C20H24N6O2/c1-21-18(28)12-17-24-20(26(25-17)15-7-2-3-8-16(15)27)14-6-4-5-13(11-14)19-22-9-10-23-19/h4-6,9-11,15-16,27H,2-3,7-8,12H2,1H3,(H,21,28)(H,22,23)/t15-,16-/m1/s1. The van der Waals surface area contributed by atoms with Gasteiger partial charge >= 0.3 is 0 Å². The first-order valence-electron chi connectivity index (χ1n) is 9.60. The SMILES string of the molecule is CNC(=O)Cc1nc(-c2cccc(-c3ncc[nH]3)c2)n([C@@H]2CCCC[C@H]2O)n1. The Morgan fingerprint density at radius 1 is 1.32 bits per heavy atom. The molecule has 28 heavy (non-hydrogen) atoms. The molecule has 0 saturated heterocycles. The lowest BCUT2D eigenvalue weighted by molar-refractivity contribution is -0.120. The van der Waals surface area contributed by atoms with E-state index in [9.17, 15) is 9.90 Å². The van der Waals surface area contributed by atoms with E-state index in [0.717, 1.165) is 42.6 Å². The number of benzene rings is 1. The van der Waals surface area contributed by atoms with Gasteiger partial charge in [-0.1, -0.05) is 31.0 Å². The second-order valence-corrected chi connectivity index (χ2v) is 7.08. The second kappa shape index (κ2) is 7.93. The van der Waals surface area contributed by atoms with Crippen LogP contribution in [0.3, 0.4) is 0 Å². The van der Waals surface area contributed by atoms with E-state index in [4.69, 9.17) is 0 Å². The molecule has 2 aromatic heterocycles. The van der Waals surface area contributed by atoms with Crippen LogP contribution >= 0.6 is 0 Å². The number of carbonyl (C=O) groups is 1. The molecule has 1 aliphatic carbocycles. The van der Waals surface area contributed by atoms with Crippen LogP contribution in [0.25, 0.3) is 22.8 Å². The lowest BCUT2D eigenvalue weighted by Crippen LogP contribution is -2.29. The van der Waals surface area contributed by atoms with Crippen molar-refractivity contribution in [3.8, 4) is 22.8 Å². The molecule has 1 aliphatic rings. The van der Waals surface area contributed by atoms with Gasteiger partial charge in [0.15, 0.2) is 11.6 Å². The maximum absolute atomic E-state index is 11.8. The Hall–Kier alpha value is -3.00. The second-order valence-electron chi connectivity index (χ2n) is 7.08. The topological polar surface area (TPSA) is 109 Å². The highest BCUT2D eigenvalue weighted by atomic mass is 16.3. The minimum Gasteiger partial charge on any atom is -0.391 e. The Balaban J connectivity index is 1.76. The number of carbonyl (C=O) groups excluding carboxylic acids is 1. The molecular formula is C20H24N6O2. The summed E-state index contributed by atoms with van der Waals surface area (Å²) in [5, 5.41) is 17.8. The predicted octanol–water partition coefficient (Wildman–Crippen LogP) is 2.10. The number of likely N-dealkylation sites (N-methyl/N-ethyl adjacent to an activating group) is 1. The minimum absolute atomic E-state index is 0.108. The first kappa shape index (κ1) is 18.4. The lowest BCUT2D eigenvalue weighted by atomic mass is 9.92. The van der Waals surface area contributed by atoms with Gasteiger partial charge in [-0.25, -0.2) is 14.6 Å². The molecular weight excluding hydrogens is 356 g/mol. The van der Waals surface area contributed by atoms with E-state index in [0.29, 0.717) is 11.6 Å². The fourth-order valence-corrected chi connectivity index (χ4v) is 3.71. The highest BCUT2D eigenvalue weighted by Crippen LogP contribution is 2.32. The molecule has 1 fully saturated rings. The van der Waals surface area contributed by atoms with Gasteiger partial charge < -0.3 is 15.4 Å². The fourth-order valence-electron chi connectivity index (χ4n) is 3.71. The molecule has 3 aromatic rings. The Bertz CT molecular complexity index is 950. The first-order valence-corrected chi connectivity index (χ1v) is 9.60. The van der Waals surface area contributed by atoms with Gasteiger partial charge in [-0.3, -0.25) is 4.79 Å². The number of imidazole rings is 1. The number of H-pyrrole nitrogens is 1. The van der Waals surface area contributed by atoms with Crippen LogP contribution < -0.4 is 5.32 Å². The number of aliphatic hydroxyl groups excluding tert-OH is 1. The Kier molecular flexibility index (Phi) is 5.21. The summed E-state index contributed by atoms with van der Waals surface area (Å²) in [7, 11) is 1.60. The van der Waals surface area contributed by atoms with Crippen LogP contribution in [0.15, 0.2) is 36.7 Å². The average molecular weight is 380 g/mol. The molecule has 1 amide bonds. The average Bonchev–Trinajstić information content (AvgIpc) is 3.39. The van der Waals surface area contributed by atoms with Crippen molar-refractivity contribution >= 4 is 5.91 Å². The summed E-state index contributed by atoms with van der Waals surface area (Å²) in [6.45, 7) is 0. The van der Waals surface area contributed by atoms with Crippen molar-refractivity contribution in [3.63, 3.8) is 0 Å². The van der Waals surface area contributed by atoms with Gasteiger partial charge in [-0.15, -0.1) is 0 Å². The van der Waals surface area contributed by atoms with E-state index in [1.807, 2.05) is 28.9 Å². The number of aliphatic hydroxyl groups is 1. The summed E-state index contributed by atoms with van der Waals surface area (Å²) in [5.41, 5.74) is 1.82. The number of hydrogen-bond donors (Lipinski definition) is 3. The number of aromatic nitrogens is 5. The van der Waals surface area contributed by atoms with Gasteiger partial charge in [-0.2, -0.15) is 5.10 Å². The van der Waals surface area contributed by atoms with Crippen LogP contribution in [0, 0.1) is 0 Å². The summed E-state index contributed by atoms with van der Waals surface area (Å²) in [6, 6.07) is 7.75.